The summed E-state index contributed by atoms with van der Waals surface area (Å²) in [6, 6.07) is 22.7. The molecule has 0 saturated carbocycles. The fraction of sp³-hybridized carbons (Fsp3) is 0.294. The highest BCUT2D eigenvalue weighted by atomic mass is 32.1. The summed E-state index contributed by atoms with van der Waals surface area (Å²) in [4.78, 5) is 4.96. The number of benzene rings is 3. The third kappa shape index (κ3) is 3.69. The number of aromatic nitrogens is 3. The minimum atomic E-state index is 0.391. The molecule has 3 nitrogen and oxygen atoms in total. The first kappa shape index (κ1) is 24.8. The van der Waals surface area contributed by atoms with Gasteiger partial charge in [0.2, 0.25) is 5.52 Å². The second kappa shape index (κ2) is 9.06. The molecule has 0 unspecified atom stereocenters. The Morgan fingerprint density at radius 1 is 0.789 bits per heavy atom. The van der Waals surface area contributed by atoms with Crippen molar-refractivity contribution in [3.8, 4) is 17.1 Å². The van der Waals surface area contributed by atoms with Crippen LogP contribution < -0.4 is 4.57 Å². The molecular weight excluding hydrogens is 482 g/mol. The molecule has 0 atom stereocenters. The van der Waals surface area contributed by atoms with Crippen molar-refractivity contribution in [1.29, 1.82) is 0 Å². The minimum absolute atomic E-state index is 0.391. The van der Waals surface area contributed by atoms with Crippen LogP contribution >= 0.6 is 11.3 Å². The molecule has 3 aromatic heterocycles. The third-order valence-corrected chi connectivity index (χ3v) is 9.05. The summed E-state index contributed by atoms with van der Waals surface area (Å²) in [5, 5.41) is 2.66. The molecule has 0 aliphatic rings. The third-order valence-electron chi connectivity index (χ3n) is 7.92. The lowest BCUT2D eigenvalue weighted by Gasteiger charge is -2.19. The Bertz CT molecular complexity index is 1840. The van der Waals surface area contributed by atoms with Crippen LogP contribution in [0, 0.1) is 20.8 Å². The van der Waals surface area contributed by atoms with Crippen LogP contribution in [0.15, 0.2) is 60.7 Å². The number of imidazole rings is 1. The first-order valence-electron chi connectivity index (χ1n) is 13.6. The first-order valence-corrected chi connectivity index (χ1v) is 14.4. The van der Waals surface area contributed by atoms with Crippen molar-refractivity contribution in [3.63, 3.8) is 0 Å². The molecule has 0 spiro atoms. The Balaban J connectivity index is 1.82. The number of hydrogen-bond donors (Lipinski definition) is 0. The standard InChI is InChI=1S/C34H36N3S/c1-19(2)24-13-11-14-25(20(3)4)33(24)37-32-23(7)35-22(6)17-29(32)36(8)34(37)27-18-28-26-12-9-10-15-30(26)38-31(28)16-21(27)5/h9-20H,1-8H3/q+1. The SMILES string of the molecule is Cc1cc2c(c(C)n1)[n+](-c1c(C(C)C)cccc1C(C)C)c(-c1cc3c(cc1C)sc1ccccc13)n2C. The Kier molecular flexibility index (Phi) is 5.92. The van der Waals surface area contributed by atoms with Crippen molar-refractivity contribution >= 4 is 42.5 Å². The number of nitrogens with zero attached hydrogens (tertiary/aromatic N) is 3. The highest BCUT2D eigenvalue weighted by Gasteiger charge is 2.33. The van der Waals surface area contributed by atoms with E-state index in [9.17, 15) is 0 Å². The summed E-state index contributed by atoms with van der Waals surface area (Å²) >= 11 is 1.88. The van der Waals surface area contributed by atoms with Gasteiger partial charge in [0.25, 0.3) is 5.82 Å². The predicted molar refractivity (Wildman–Crippen MR) is 163 cm³/mol. The molecule has 3 heterocycles. The maximum atomic E-state index is 4.96. The number of rotatable bonds is 4. The van der Waals surface area contributed by atoms with Crippen LogP contribution in [0.2, 0.25) is 0 Å². The normalized spacial score (nSPS) is 12.2. The smallest absolute Gasteiger partial charge is 0.254 e. The molecule has 0 radical (unpaired) electrons. The van der Waals surface area contributed by atoms with Crippen molar-refractivity contribution in [2.75, 3.05) is 0 Å². The van der Waals surface area contributed by atoms with E-state index in [1.807, 2.05) is 11.3 Å². The molecule has 6 aromatic rings. The molecule has 0 fully saturated rings. The zero-order chi connectivity index (χ0) is 26.9. The van der Waals surface area contributed by atoms with Gasteiger partial charge in [0.15, 0.2) is 5.52 Å². The summed E-state index contributed by atoms with van der Waals surface area (Å²) in [6.45, 7) is 15.7. The molecule has 0 aliphatic carbocycles. The summed E-state index contributed by atoms with van der Waals surface area (Å²) in [6.07, 6.45) is 0. The average Bonchev–Trinajstić information content (AvgIpc) is 3.37. The molecular formula is C34H36N3S+. The maximum absolute atomic E-state index is 4.96. The van der Waals surface area contributed by atoms with Crippen molar-refractivity contribution < 1.29 is 4.57 Å². The van der Waals surface area contributed by atoms with Crippen LogP contribution in [0.3, 0.4) is 0 Å². The quantitative estimate of drug-likeness (QED) is 0.213. The lowest BCUT2D eigenvalue weighted by atomic mass is 9.92. The van der Waals surface area contributed by atoms with E-state index >= 15 is 0 Å². The van der Waals surface area contributed by atoms with Crippen molar-refractivity contribution in [1.82, 2.24) is 9.55 Å². The van der Waals surface area contributed by atoms with E-state index in [2.05, 4.69) is 125 Å². The van der Waals surface area contributed by atoms with Gasteiger partial charge in [0, 0.05) is 43.1 Å². The van der Waals surface area contributed by atoms with Gasteiger partial charge in [-0.3, -0.25) is 4.98 Å². The molecule has 0 N–H and O–H groups in total. The molecule has 0 bridgehead atoms. The Labute approximate surface area is 229 Å². The van der Waals surface area contributed by atoms with Crippen LogP contribution in [0.1, 0.15) is 67.6 Å². The van der Waals surface area contributed by atoms with Crippen molar-refractivity contribution in [3.05, 3.63) is 88.7 Å². The lowest BCUT2D eigenvalue weighted by molar-refractivity contribution is -0.557. The summed E-state index contributed by atoms with van der Waals surface area (Å²) in [7, 11) is 2.22. The van der Waals surface area contributed by atoms with Crippen LogP contribution in [0.25, 0.3) is 48.3 Å². The second-order valence-corrected chi connectivity index (χ2v) is 12.4. The molecule has 0 saturated heterocycles. The van der Waals surface area contributed by atoms with Crippen LogP contribution in [0.4, 0.5) is 0 Å². The van der Waals surface area contributed by atoms with E-state index in [1.54, 1.807) is 0 Å². The van der Waals surface area contributed by atoms with E-state index < -0.39 is 0 Å². The molecule has 3 aromatic carbocycles. The molecule has 4 heteroatoms. The van der Waals surface area contributed by atoms with Gasteiger partial charge in [-0.25, -0.2) is 4.57 Å². The van der Waals surface area contributed by atoms with E-state index in [0.717, 1.165) is 11.4 Å². The molecule has 192 valence electrons. The van der Waals surface area contributed by atoms with Gasteiger partial charge in [-0.15, -0.1) is 11.3 Å². The summed E-state index contributed by atoms with van der Waals surface area (Å²) < 4.78 is 7.61. The van der Waals surface area contributed by atoms with E-state index in [0.29, 0.717) is 11.8 Å². The summed E-state index contributed by atoms with van der Waals surface area (Å²) in [5.74, 6) is 1.99. The first-order chi connectivity index (χ1) is 18.2. The number of hydrogen-bond acceptors (Lipinski definition) is 2. The molecule has 0 aliphatic heterocycles. The van der Waals surface area contributed by atoms with Crippen molar-refractivity contribution in [2.45, 2.75) is 60.3 Å². The average molecular weight is 519 g/mol. The van der Waals surface area contributed by atoms with Gasteiger partial charge < -0.3 is 0 Å². The number of para-hydroxylation sites is 1. The van der Waals surface area contributed by atoms with Gasteiger partial charge in [-0.1, -0.05) is 64.1 Å². The molecule has 6 rings (SSSR count). The maximum Gasteiger partial charge on any atom is 0.295 e. The molecule has 0 amide bonds. The van der Waals surface area contributed by atoms with Crippen molar-refractivity contribution in [2.24, 2.45) is 7.05 Å². The van der Waals surface area contributed by atoms with Gasteiger partial charge in [0.05, 0.1) is 18.3 Å². The van der Waals surface area contributed by atoms with E-state index in [1.165, 1.54) is 65.0 Å². The fourth-order valence-electron chi connectivity index (χ4n) is 6.11. The van der Waals surface area contributed by atoms with E-state index in [4.69, 9.17) is 4.98 Å². The monoisotopic (exact) mass is 518 g/mol. The zero-order valence-electron chi connectivity index (χ0n) is 23.7. The highest BCUT2D eigenvalue weighted by Crippen LogP contribution is 2.39. The number of pyridine rings is 1. The highest BCUT2D eigenvalue weighted by molar-refractivity contribution is 7.25. The van der Waals surface area contributed by atoms with Crippen LogP contribution in [-0.2, 0) is 7.05 Å². The van der Waals surface area contributed by atoms with Gasteiger partial charge >= 0.3 is 0 Å². The number of fused-ring (bicyclic) bond motifs is 4. The topological polar surface area (TPSA) is 21.7 Å². The summed E-state index contributed by atoms with van der Waals surface area (Å²) in [5.41, 5.74) is 11.1. The van der Waals surface area contributed by atoms with Gasteiger partial charge in [-0.05, 0) is 56.4 Å². The Morgan fingerprint density at radius 3 is 2.16 bits per heavy atom. The van der Waals surface area contributed by atoms with Crippen LogP contribution in [0.5, 0.6) is 0 Å². The Morgan fingerprint density at radius 2 is 1.47 bits per heavy atom. The fourth-order valence-corrected chi connectivity index (χ4v) is 7.29. The van der Waals surface area contributed by atoms with Gasteiger partial charge in [0.1, 0.15) is 5.69 Å². The lowest BCUT2D eigenvalue weighted by Crippen LogP contribution is -2.37. The Hall–Kier alpha value is -3.50. The van der Waals surface area contributed by atoms with Gasteiger partial charge in [-0.2, -0.15) is 4.57 Å². The van der Waals surface area contributed by atoms with E-state index in [-0.39, 0.29) is 0 Å². The number of aryl methyl sites for hydroxylation is 4. The molecule has 38 heavy (non-hydrogen) atoms. The number of thiophene rings is 1. The minimum Gasteiger partial charge on any atom is -0.254 e. The zero-order valence-corrected chi connectivity index (χ0v) is 24.5. The van der Waals surface area contributed by atoms with Crippen LogP contribution in [-0.4, -0.2) is 9.55 Å². The second-order valence-electron chi connectivity index (χ2n) is 11.3. The predicted octanol–water partition coefficient (Wildman–Crippen LogP) is 9.06. The largest absolute Gasteiger partial charge is 0.295 e.